The quantitative estimate of drug-likeness (QED) is 0.716. The molecular weight excluding hydrogens is 302 g/mol. The van der Waals surface area contributed by atoms with Crippen molar-refractivity contribution in [3.05, 3.63) is 42.0 Å². The maximum atomic E-state index is 11.9. The van der Waals surface area contributed by atoms with Crippen LogP contribution in [0.5, 0.6) is 5.75 Å². The minimum atomic E-state index is -1.72. The molecule has 23 heavy (non-hydrogen) atoms. The van der Waals surface area contributed by atoms with Gasteiger partial charge in [-0.2, -0.15) is 0 Å². The van der Waals surface area contributed by atoms with E-state index in [1.165, 1.54) is 6.07 Å². The molecule has 2 unspecified atom stereocenters. The van der Waals surface area contributed by atoms with Gasteiger partial charge in [-0.15, -0.1) is 0 Å². The molecule has 124 valence electrons. The Morgan fingerprint density at radius 2 is 2.17 bits per heavy atom. The lowest BCUT2D eigenvalue weighted by Crippen LogP contribution is -2.58. The molecule has 1 heterocycles. The van der Waals surface area contributed by atoms with Gasteiger partial charge in [0, 0.05) is 0 Å². The number of hydrogen-bond donors (Lipinski definition) is 3. The van der Waals surface area contributed by atoms with Crippen molar-refractivity contribution in [2.75, 3.05) is 13.2 Å². The molecular formula is C16H19NO6. The predicted molar refractivity (Wildman–Crippen MR) is 81.4 cm³/mol. The third-order valence-corrected chi connectivity index (χ3v) is 4.11. The van der Waals surface area contributed by atoms with Crippen LogP contribution in [0.1, 0.15) is 30.6 Å². The number of nitrogens with zero attached hydrogens (tertiary/aromatic N) is 1. The van der Waals surface area contributed by atoms with E-state index in [4.69, 9.17) is 4.74 Å². The number of carboxylic acids is 1. The van der Waals surface area contributed by atoms with Crippen LogP contribution in [-0.2, 0) is 10.3 Å². The molecule has 0 bridgehead atoms. The van der Waals surface area contributed by atoms with Crippen LogP contribution in [0.3, 0.4) is 0 Å². The molecule has 0 saturated carbocycles. The highest BCUT2D eigenvalue weighted by Gasteiger charge is 2.52. The van der Waals surface area contributed by atoms with Gasteiger partial charge in [-0.3, -0.25) is 4.90 Å². The number of benzene rings is 1. The second kappa shape index (κ2) is 6.29. The van der Waals surface area contributed by atoms with Crippen LogP contribution < -0.4 is 4.74 Å². The summed E-state index contributed by atoms with van der Waals surface area (Å²) in [6.07, 6.45) is -0.894. The number of amides is 1. The smallest absolute Gasteiger partial charge is 0.408 e. The van der Waals surface area contributed by atoms with Crippen LogP contribution in [0.25, 0.3) is 0 Å². The average Bonchev–Trinajstić information content (AvgIpc) is 2.52. The van der Waals surface area contributed by atoms with E-state index >= 15 is 0 Å². The number of β-amino-alcohol motifs (C(OH)–C–C–N with tert-alkyl or cyclic N) is 1. The highest BCUT2D eigenvalue weighted by Crippen LogP contribution is 2.43. The number of ether oxygens (including phenoxy) is 1. The Bertz CT molecular complexity index is 643. The summed E-state index contributed by atoms with van der Waals surface area (Å²) >= 11 is 0. The maximum Gasteiger partial charge on any atom is 0.408 e. The zero-order valence-electron chi connectivity index (χ0n) is 12.7. The molecule has 3 N–H and O–H groups in total. The highest BCUT2D eigenvalue weighted by molar-refractivity contribution is 5.86. The van der Waals surface area contributed by atoms with E-state index in [2.05, 4.69) is 6.58 Å². The highest BCUT2D eigenvalue weighted by atomic mass is 16.5. The van der Waals surface area contributed by atoms with Crippen molar-refractivity contribution in [1.82, 2.24) is 4.90 Å². The second-order valence-electron chi connectivity index (χ2n) is 5.28. The maximum absolute atomic E-state index is 11.9. The minimum Gasteiger partial charge on any atom is -0.490 e. The van der Waals surface area contributed by atoms with Crippen molar-refractivity contribution in [2.45, 2.75) is 25.0 Å². The van der Waals surface area contributed by atoms with Crippen molar-refractivity contribution in [3.63, 3.8) is 0 Å². The van der Waals surface area contributed by atoms with Crippen molar-refractivity contribution < 1.29 is 29.6 Å². The first kappa shape index (κ1) is 16.8. The van der Waals surface area contributed by atoms with E-state index in [1.54, 1.807) is 25.1 Å². The van der Waals surface area contributed by atoms with Gasteiger partial charge in [0.1, 0.15) is 12.4 Å². The molecule has 2 rings (SSSR count). The number of aliphatic hydroxyl groups is 1. The van der Waals surface area contributed by atoms with Crippen LogP contribution in [0, 0.1) is 0 Å². The summed E-state index contributed by atoms with van der Waals surface area (Å²) in [4.78, 5) is 24.2. The van der Waals surface area contributed by atoms with Crippen molar-refractivity contribution >= 4 is 12.1 Å². The number of aliphatic carboxylic acids is 1. The molecule has 1 aromatic carbocycles. The molecule has 7 heteroatoms. The summed E-state index contributed by atoms with van der Waals surface area (Å²) in [5.41, 5.74) is -1.09. The Morgan fingerprint density at radius 3 is 2.70 bits per heavy atom. The Balaban J connectivity index is 2.62. The summed E-state index contributed by atoms with van der Waals surface area (Å²) in [6.45, 7) is 5.11. The lowest BCUT2D eigenvalue weighted by atomic mass is 9.77. The molecule has 0 fully saturated rings. The van der Waals surface area contributed by atoms with Crippen LogP contribution in [-0.4, -0.2) is 45.4 Å². The van der Waals surface area contributed by atoms with Gasteiger partial charge in [0.15, 0.2) is 5.54 Å². The zero-order chi connectivity index (χ0) is 17.2. The minimum absolute atomic E-state index is 0.0429. The molecule has 1 amide bonds. The van der Waals surface area contributed by atoms with E-state index in [0.717, 1.165) is 4.90 Å². The lowest BCUT2D eigenvalue weighted by molar-refractivity contribution is -0.153. The molecule has 0 saturated heterocycles. The first-order valence-corrected chi connectivity index (χ1v) is 7.18. The van der Waals surface area contributed by atoms with E-state index in [9.17, 15) is 24.9 Å². The van der Waals surface area contributed by atoms with Crippen LogP contribution in [0.2, 0.25) is 0 Å². The fraction of sp³-hybridized carbons (Fsp3) is 0.375. The third kappa shape index (κ3) is 2.63. The number of rotatable bonds is 5. The van der Waals surface area contributed by atoms with Gasteiger partial charge < -0.3 is 20.1 Å². The van der Waals surface area contributed by atoms with Crippen molar-refractivity contribution in [1.29, 1.82) is 0 Å². The molecule has 1 aliphatic heterocycles. The van der Waals surface area contributed by atoms with Crippen molar-refractivity contribution in [2.24, 2.45) is 0 Å². The third-order valence-electron chi connectivity index (χ3n) is 4.11. The normalized spacial score (nSPS) is 23.0. The Labute approximate surface area is 133 Å². The standard InChI is InChI=1S/C16H19NO6/c1-3-7-23-10-5-6-12-11(8-10)13(18)9-17(15(21)22)16(12,4-2)14(19)20/h3,5-6,8,13,18H,1,4,7,9H2,2H3,(H,19,20)(H,21,22). The predicted octanol–water partition coefficient (Wildman–Crippen LogP) is 1.97. The monoisotopic (exact) mass is 321 g/mol. The van der Waals surface area contributed by atoms with Crippen LogP contribution >= 0.6 is 0 Å². The summed E-state index contributed by atoms with van der Waals surface area (Å²) in [7, 11) is 0. The van der Waals surface area contributed by atoms with Gasteiger partial charge in [0.25, 0.3) is 0 Å². The van der Waals surface area contributed by atoms with Gasteiger partial charge in [-0.1, -0.05) is 25.6 Å². The topological polar surface area (TPSA) is 107 Å². The molecule has 2 atom stereocenters. The summed E-state index contributed by atoms with van der Waals surface area (Å²) in [5.74, 6) is -0.808. The van der Waals surface area contributed by atoms with Gasteiger partial charge in [-0.25, -0.2) is 9.59 Å². The number of carbonyl (C=O) groups is 2. The van der Waals surface area contributed by atoms with E-state index in [0.29, 0.717) is 11.3 Å². The molecule has 0 radical (unpaired) electrons. The van der Waals surface area contributed by atoms with Crippen molar-refractivity contribution in [3.8, 4) is 5.75 Å². The molecule has 1 aromatic rings. The average molecular weight is 321 g/mol. The largest absolute Gasteiger partial charge is 0.490 e. The van der Waals surface area contributed by atoms with Gasteiger partial charge >= 0.3 is 12.1 Å². The molecule has 0 aliphatic carbocycles. The summed E-state index contributed by atoms with van der Waals surface area (Å²) in [6, 6.07) is 4.62. The Kier molecular flexibility index (Phi) is 4.60. The van der Waals surface area contributed by atoms with Gasteiger partial charge in [-0.05, 0) is 29.7 Å². The van der Waals surface area contributed by atoms with Crippen LogP contribution in [0.4, 0.5) is 4.79 Å². The van der Waals surface area contributed by atoms with E-state index in [1.807, 2.05) is 0 Å². The van der Waals surface area contributed by atoms with E-state index < -0.39 is 23.7 Å². The van der Waals surface area contributed by atoms with Crippen LogP contribution in [0.15, 0.2) is 30.9 Å². The lowest BCUT2D eigenvalue weighted by Gasteiger charge is -2.44. The molecule has 0 spiro atoms. The number of fused-ring (bicyclic) bond motifs is 1. The number of carboxylic acid groups (broad SMARTS) is 2. The molecule has 0 aromatic heterocycles. The first-order chi connectivity index (χ1) is 10.9. The fourth-order valence-corrected chi connectivity index (χ4v) is 3.02. The van der Waals surface area contributed by atoms with Gasteiger partial charge in [0.05, 0.1) is 12.6 Å². The Hall–Kier alpha value is -2.54. The van der Waals surface area contributed by atoms with Gasteiger partial charge in [0.2, 0.25) is 0 Å². The zero-order valence-corrected chi connectivity index (χ0v) is 12.7. The Morgan fingerprint density at radius 1 is 1.48 bits per heavy atom. The second-order valence-corrected chi connectivity index (χ2v) is 5.28. The first-order valence-electron chi connectivity index (χ1n) is 7.18. The van der Waals surface area contributed by atoms with E-state index in [-0.39, 0.29) is 25.1 Å². The number of aliphatic hydroxyl groups excluding tert-OH is 1. The number of hydrogen-bond acceptors (Lipinski definition) is 4. The molecule has 1 aliphatic rings. The SMILES string of the molecule is C=CCOc1ccc2c(c1)C(O)CN(C(=O)O)C2(CC)C(=O)O. The fourth-order valence-electron chi connectivity index (χ4n) is 3.02. The summed E-state index contributed by atoms with van der Waals surface area (Å²) < 4.78 is 5.40. The molecule has 7 nitrogen and oxygen atoms in total. The summed E-state index contributed by atoms with van der Waals surface area (Å²) in [5, 5.41) is 29.4.